The Bertz CT molecular complexity index is 1150. The van der Waals surface area contributed by atoms with Crippen LogP contribution in [-0.4, -0.2) is 21.6 Å². The van der Waals surface area contributed by atoms with E-state index in [1.807, 2.05) is 6.92 Å². The van der Waals surface area contributed by atoms with Gasteiger partial charge < -0.3 is 9.84 Å². The zero-order chi connectivity index (χ0) is 26.1. The molecule has 1 N–H and O–H groups in total. The summed E-state index contributed by atoms with van der Waals surface area (Å²) >= 11 is 0.116. The van der Waals surface area contributed by atoms with Crippen molar-refractivity contribution >= 4 is 23.1 Å². The summed E-state index contributed by atoms with van der Waals surface area (Å²) in [6.07, 6.45) is -3.00. The van der Waals surface area contributed by atoms with Gasteiger partial charge in [0.2, 0.25) is 0 Å². The van der Waals surface area contributed by atoms with E-state index in [0.717, 1.165) is 17.7 Å². The molecule has 4 nitrogen and oxygen atoms in total. The molecule has 2 aromatic rings. The van der Waals surface area contributed by atoms with E-state index in [1.165, 1.54) is 13.0 Å². The largest absolute Gasteiger partial charge is 0.483 e. The van der Waals surface area contributed by atoms with Gasteiger partial charge in [-0.15, -0.1) is 0 Å². The van der Waals surface area contributed by atoms with Crippen LogP contribution in [0.1, 0.15) is 48.9 Å². The minimum atomic E-state index is -4.83. The standard InChI is InChI=1S/C24H23F6NO3S/c1-4-14-5-6-15(19(27)12(14)3)20-16(22(35-31-20)24(28,29)30)10-34-21-17(25)8-13(9-18(21)26)7-11(2)23(32)33/h5-6,8-9,11-12,19H,4,7,10H2,1-3H3,(H,32,33). The number of halogens is 6. The number of carboxylic acids is 1. The first kappa shape index (κ1) is 26.8. The number of hydrogen-bond acceptors (Lipinski definition) is 4. The predicted molar refractivity (Wildman–Crippen MR) is 119 cm³/mol. The lowest BCUT2D eigenvalue weighted by atomic mass is 9.83. The van der Waals surface area contributed by atoms with E-state index in [0.29, 0.717) is 6.42 Å². The molecule has 0 bridgehead atoms. The van der Waals surface area contributed by atoms with Gasteiger partial charge in [0, 0.05) is 17.1 Å². The first-order chi connectivity index (χ1) is 16.3. The van der Waals surface area contributed by atoms with E-state index < -0.39 is 64.6 Å². The van der Waals surface area contributed by atoms with Crippen LogP contribution in [0, 0.1) is 23.5 Å². The van der Waals surface area contributed by atoms with Crippen molar-refractivity contribution in [2.45, 2.75) is 52.6 Å². The van der Waals surface area contributed by atoms with E-state index in [4.69, 9.17) is 9.84 Å². The molecule has 1 heterocycles. The first-order valence-corrected chi connectivity index (χ1v) is 11.6. The quantitative estimate of drug-likeness (QED) is 0.382. The molecule has 1 aromatic heterocycles. The molecule has 190 valence electrons. The van der Waals surface area contributed by atoms with E-state index in [9.17, 15) is 26.7 Å². The number of rotatable bonds is 8. The van der Waals surface area contributed by atoms with Crippen molar-refractivity contribution in [1.82, 2.24) is 4.37 Å². The summed E-state index contributed by atoms with van der Waals surface area (Å²) in [5, 5.41) is 8.97. The second-order valence-corrected chi connectivity index (χ2v) is 9.14. The summed E-state index contributed by atoms with van der Waals surface area (Å²) in [6, 6.07) is 1.74. The lowest BCUT2D eigenvalue weighted by Gasteiger charge is -2.25. The number of benzene rings is 1. The van der Waals surface area contributed by atoms with Crippen molar-refractivity contribution in [1.29, 1.82) is 0 Å². The number of ether oxygens (including phenoxy) is 1. The number of aromatic nitrogens is 1. The number of alkyl halides is 4. The van der Waals surface area contributed by atoms with Gasteiger partial charge >= 0.3 is 12.1 Å². The van der Waals surface area contributed by atoms with Gasteiger partial charge in [-0.3, -0.25) is 4.79 Å². The minimum Gasteiger partial charge on any atom is -0.483 e. The maximum absolute atomic E-state index is 15.1. The number of nitrogens with zero attached hydrogens (tertiary/aromatic N) is 1. The van der Waals surface area contributed by atoms with Crippen LogP contribution in [0.2, 0.25) is 0 Å². The fourth-order valence-corrected chi connectivity index (χ4v) is 4.66. The summed E-state index contributed by atoms with van der Waals surface area (Å²) in [6.45, 7) is 3.93. The third kappa shape index (κ3) is 5.71. The van der Waals surface area contributed by atoms with Gasteiger partial charge in [-0.25, -0.2) is 13.2 Å². The van der Waals surface area contributed by atoms with Crippen LogP contribution in [0.3, 0.4) is 0 Å². The SMILES string of the molecule is CCC1=CC=C(c2nsc(C(F)(F)F)c2COc2c(F)cc(CC(C)C(=O)O)cc2F)C(F)C1C. The number of carboxylic acid groups (broad SMARTS) is 1. The Hall–Kier alpha value is -2.82. The van der Waals surface area contributed by atoms with Gasteiger partial charge in [0.05, 0.1) is 11.6 Å². The monoisotopic (exact) mass is 519 g/mol. The molecule has 1 aliphatic carbocycles. The fourth-order valence-electron chi connectivity index (χ4n) is 3.89. The Labute approximate surface area is 202 Å². The predicted octanol–water partition coefficient (Wildman–Crippen LogP) is 6.99. The number of carbonyl (C=O) groups is 1. The summed E-state index contributed by atoms with van der Waals surface area (Å²) in [7, 11) is 0. The molecule has 1 aliphatic rings. The van der Waals surface area contributed by atoms with Crippen LogP contribution in [0.15, 0.2) is 29.9 Å². The van der Waals surface area contributed by atoms with Crippen molar-refractivity contribution in [3.63, 3.8) is 0 Å². The maximum Gasteiger partial charge on any atom is 0.427 e. The Morgan fingerprint density at radius 2 is 1.86 bits per heavy atom. The van der Waals surface area contributed by atoms with Gasteiger partial charge in [-0.2, -0.15) is 17.5 Å². The highest BCUT2D eigenvalue weighted by Crippen LogP contribution is 2.42. The van der Waals surface area contributed by atoms with Gasteiger partial charge in [0.25, 0.3) is 0 Å². The second-order valence-electron chi connectivity index (χ2n) is 8.36. The molecule has 0 saturated carbocycles. The Morgan fingerprint density at radius 1 is 1.23 bits per heavy atom. The lowest BCUT2D eigenvalue weighted by Crippen LogP contribution is -2.21. The normalized spacial score (nSPS) is 19.2. The summed E-state index contributed by atoms with van der Waals surface area (Å²) in [4.78, 5) is 9.84. The van der Waals surface area contributed by atoms with Gasteiger partial charge in [0.15, 0.2) is 17.4 Å². The lowest BCUT2D eigenvalue weighted by molar-refractivity contribution is -0.141. The molecule has 3 atom stereocenters. The number of allylic oxidation sites excluding steroid dienone is 4. The average molecular weight is 520 g/mol. The molecule has 0 aliphatic heterocycles. The van der Waals surface area contributed by atoms with Crippen LogP contribution in [0.25, 0.3) is 5.57 Å². The smallest absolute Gasteiger partial charge is 0.427 e. The fraction of sp³-hybridized carbons (Fsp3) is 0.417. The molecule has 35 heavy (non-hydrogen) atoms. The van der Waals surface area contributed by atoms with Crippen molar-refractivity contribution in [3.05, 3.63) is 63.2 Å². The summed E-state index contributed by atoms with van der Waals surface area (Å²) in [5.41, 5.74) is 0.0159. The third-order valence-corrected chi connectivity index (χ3v) is 6.84. The minimum absolute atomic E-state index is 0.0521. The average Bonchev–Trinajstić information content (AvgIpc) is 3.19. The first-order valence-electron chi connectivity index (χ1n) is 10.8. The van der Waals surface area contributed by atoms with Gasteiger partial charge in [-0.1, -0.05) is 38.5 Å². The molecule has 3 unspecified atom stereocenters. The molecule has 0 saturated heterocycles. The zero-order valence-electron chi connectivity index (χ0n) is 19.0. The van der Waals surface area contributed by atoms with Crippen molar-refractivity contribution < 1.29 is 41.0 Å². The van der Waals surface area contributed by atoms with Crippen LogP contribution in [0.4, 0.5) is 26.3 Å². The Balaban J connectivity index is 1.95. The van der Waals surface area contributed by atoms with Crippen LogP contribution in [0.5, 0.6) is 5.75 Å². The van der Waals surface area contributed by atoms with Gasteiger partial charge in [0.1, 0.15) is 17.7 Å². The van der Waals surface area contributed by atoms with E-state index in [1.54, 1.807) is 13.0 Å². The van der Waals surface area contributed by atoms with Gasteiger partial charge in [-0.05, 0) is 42.1 Å². The highest BCUT2D eigenvalue weighted by atomic mass is 32.1. The highest BCUT2D eigenvalue weighted by Gasteiger charge is 2.40. The Morgan fingerprint density at radius 3 is 2.40 bits per heavy atom. The van der Waals surface area contributed by atoms with E-state index >= 15 is 4.39 Å². The number of hydrogen-bond donors (Lipinski definition) is 1. The van der Waals surface area contributed by atoms with Crippen LogP contribution >= 0.6 is 11.5 Å². The molecule has 1 aromatic carbocycles. The molecule has 3 rings (SSSR count). The molecular formula is C24H23F6NO3S. The maximum atomic E-state index is 15.1. The van der Waals surface area contributed by atoms with Crippen molar-refractivity contribution in [3.8, 4) is 5.75 Å². The Kier molecular flexibility index (Phi) is 7.98. The molecule has 0 spiro atoms. The highest BCUT2D eigenvalue weighted by molar-refractivity contribution is 7.06. The molecule has 0 amide bonds. The molecule has 0 radical (unpaired) electrons. The summed E-state index contributed by atoms with van der Waals surface area (Å²) in [5.74, 6) is -5.93. The second kappa shape index (κ2) is 10.4. The molecule has 11 heteroatoms. The van der Waals surface area contributed by atoms with Crippen LogP contribution < -0.4 is 4.74 Å². The molecular weight excluding hydrogens is 496 g/mol. The topological polar surface area (TPSA) is 59.4 Å². The van der Waals surface area contributed by atoms with Crippen molar-refractivity contribution in [2.75, 3.05) is 0 Å². The van der Waals surface area contributed by atoms with Crippen molar-refractivity contribution in [2.24, 2.45) is 11.8 Å². The number of aliphatic carboxylic acids is 1. The van der Waals surface area contributed by atoms with E-state index in [-0.39, 0.29) is 34.8 Å². The van der Waals surface area contributed by atoms with Crippen LogP contribution in [-0.2, 0) is 24.0 Å². The summed E-state index contributed by atoms with van der Waals surface area (Å²) < 4.78 is 94.1. The third-order valence-electron chi connectivity index (χ3n) is 5.91. The molecule has 0 fully saturated rings. The van der Waals surface area contributed by atoms with E-state index in [2.05, 4.69) is 4.37 Å². The zero-order valence-corrected chi connectivity index (χ0v) is 19.9.